The molecule has 0 aliphatic heterocycles. The van der Waals surface area contributed by atoms with Crippen molar-refractivity contribution in [3.63, 3.8) is 0 Å². The largest absolute Gasteiger partial charge is 0.497 e. The van der Waals surface area contributed by atoms with E-state index in [-0.39, 0.29) is 11.9 Å². The summed E-state index contributed by atoms with van der Waals surface area (Å²) in [5, 5.41) is 1.92. The molecule has 0 N–H and O–H groups in total. The number of aromatic nitrogens is 1. The quantitative estimate of drug-likeness (QED) is 0.753. The lowest BCUT2D eigenvalue weighted by molar-refractivity contribution is -0.114. The summed E-state index contributed by atoms with van der Waals surface area (Å²) in [6, 6.07) is 7.84. The minimum Gasteiger partial charge on any atom is -0.497 e. The van der Waals surface area contributed by atoms with Gasteiger partial charge in [-0.05, 0) is 56.0 Å². The highest BCUT2D eigenvalue weighted by Crippen LogP contribution is 2.37. The van der Waals surface area contributed by atoms with E-state index in [9.17, 15) is 4.79 Å². The van der Waals surface area contributed by atoms with Crippen LogP contribution in [0.3, 0.4) is 0 Å². The van der Waals surface area contributed by atoms with Crippen LogP contribution in [0.1, 0.15) is 25.5 Å². The van der Waals surface area contributed by atoms with Crippen molar-refractivity contribution in [2.45, 2.75) is 25.8 Å². The molecule has 0 saturated heterocycles. The van der Waals surface area contributed by atoms with Gasteiger partial charge in [0.25, 0.3) is 5.91 Å². The van der Waals surface area contributed by atoms with Gasteiger partial charge in [-0.1, -0.05) is 0 Å². The molecule has 1 aromatic heterocycles. The van der Waals surface area contributed by atoms with Crippen molar-refractivity contribution in [2.75, 3.05) is 12.0 Å². The highest BCUT2D eigenvalue weighted by atomic mass is 32.1. The Labute approximate surface area is 140 Å². The Balaban J connectivity index is 1.83. The van der Waals surface area contributed by atoms with E-state index in [0.717, 1.165) is 17.1 Å². The van der Waals surface area contributed by atoms with Crippen molar-refractivity contribution in [1.29, 1.82) is 0 Å². The summed E-state index contributed by atoms with van der Waals surface area (Å²) >= 11 is 1.52. The van der Waals surface area contributed by atoms with Crippen molar-refractivity contribution in [3.05, 3.63) is 46.9 Å². The smallest absolute Gasteiger partial charge is 0.251 e. The van der Waals surface area contributed by atoms with Crippen molar-refractivity contribution in [3.8, 4) is 5.75 Å². The molecule has 1 atom stereocenters. The fourth-order valence-corrected chi connectivity index (χ4v) is 3.16. The number of amides is 1. The Morgan fingerprint density at radius 1 is 1.39 bits per heavy atom. The Bertz CT molecular complexity index is 676. The first-order valence-corrected chi connectivity index (χ1v) is 8.67. The molecule has 2 aromatic rings. The van der Waals surface area contributed by atoms with Crippen molar-refractivity contribution < 1.29 is 9.53 Å². The maximum atomic E-state index is 12.8. The average Bonchev–Trinajstić information content (AvgIpc) is 3.30. The van der Waals surface area contributed by atoms with Gasteiger partial charge in [0.15, 0.2) is 0 Å². The van der Waals surface area contributed by atoms with Crippen LogP contribution < -0.4 is 9.64 Å². The first-order chi connectivity index (χ1) is 11.2. The zero-order chi connectivity index (χ0) is 16.2. The van der Waals surface area contributed by atoms with Gasteiger partial charge in [-0.2, -0.15) is 0 Å². The number of hydrogen-bond donors (Lipinski definition) is 0. The lowest BCUT2D eigenvalue weighted by Gasteiger charge is -2.28. The van der Waals surface area contributed by atoms with Gasteiger partial charge in [0, 0.05) is 23.2 Å². The van der Waals surface area contributed by atoms with Crippen LogP contribution in [0, 0.1) is 5.92 Å². The monoisotopic (exact) mass is 328 g/mol. The Morgan fingerprint density at radius 3 is 2.70 bits per heavy atom. The number of thiazole rings is 1. The maximum Gasteiger partial charge on any atom is 0.251 e. The third kappa shape index (κ3) is 3.79. The molecule has 1 aliphatic carbocycles. The van der Waals surface area contributed by atoms with Crippen LogP contribution in [0.15, 0.2) is 41.2 Å². The molecule has 5 heteroatoms. The Morgan fingerprint density at radius 2 is 2.13 bits per heavy atom. The molecule has 23 heavy (non-hydrogen) atoms. The zero-order valence-corrected chi connectivity index (χ0v) is 14.1. The van der Waals surface area contributed by atoms with Crippen LogP contribution in [0.25, 0.3) is 6.08 Å². The van der Waals surface area contributed by atoms with E-state index in [1.807, 2.05) is 34.5 Å². The summed E-state index contributed by atoms with van der Waals surface area (Å²) in [6.45, 7) is 2.12. The highest BCUT2D eigenvalue weighted by Gasteiger charge is 2.34. The maximum absolute atomic E-state index is 12.8. The number of anilines is 1. The first kappa shape index (κ1) is 15.7. The van der Waals surface area contributed by atoms with Gasteiger partial charge in [-0.25, -0.2) is 4.98 Å². The van der Waals surface area contributed by atoms with E-state index in [0.29, 0.717) is 5.92 Å². The van der Waals surface area contributed by atoms with Crippen LogP contribution in [0.4, 0.5) is 5.69 Å². The number of carbonyl (C=O) groups excluding carboxylic acids is 1. The van der Waals surface area contributed by atoms with Crippen molar-refractivity contribution in [1.82, 2.24) is 4.98 Å². The summed E-state index contributed by atoms with van der Waals surface area (Å²) in [7, 11) is 1.64. The van der Waals surface area contributed by atoms with Gasteiger partial charge >= 0.3 is 0 Å². The number of methoxy groups -OCH3 is 1. The van der Waals surface area contributed by atoms with Gasteiger partial charge in [0.2, 0.25) is 0 Å². The fourth-order valence-electron chi connectivity index (χ4n) is 2.64. The average molecular weight is 328 g/mol. The van der Waals surface area contributed by atoms with Gasteiger partial charge in [0.05, 0.1) is 18.3 Å². The Kier molecular flexibility index (Phi) is 4.76. The van der Waals surface area contributed by atoms with Crippen LogP contribution in [-0.2, 0) is 4.79 Å². The number of carbonyl (C=O) groups is 1. The van der Waals surface area contributed by atoms with Crippen LogP contribution in [0.5, 0.6) is 5.75 Å². The SMILES string of the molecule is COc1ccc(N(C(=O)/C=C\c2cscn2)[C@H](C)C2CC2)cc1. The number of ether oxygens (including phenoxy) is 1. The molecule has 1 amide bonds. The topological polar surface area (TPSA) is 42.4 Å². The molecule has 120 valence electrons. The summed E-state index contributed by atoms with van der Waals surface area (Å²) < 4.78 is 5.20. The van der Waals surface area contributed by atoms with Crippen LogP contribution >= 0.6 is 11.3 Å². The molecule has 1 heterocycles. The molecular formula is C18H20N2O2S. The van der Waals surface area contributed by atoms with E-state index in [4.69, 9.17) is 4.74 Å². The second kappa shape index (κ2) is 6.96. The molecule has 0 unspecified atom stereocenters. The molecule has 0 spiro atoms. The molecule has 3 rings (SSSR count). The third-order valence-corrected chi connectivity index (χ3v) is 4.75. The molecule has 0 radical (unpaired) electrons. The minimum absolute atomic E-state index is 0.0115. The first-order valence-electron chi connectivity index (χ1n) is 7.72. The summed E-state index contributed by atoms with van der Waals surface area (Å²) in [5.74, 6) is 1.37. The summed E-state index contributed by atoms with van der Waals surface area (Å²) in [6.07, 6.45) is 5.76. The summed E-state index contributed by atoms with van der Waals surface area (Å²) in [4.78, 5) is 18.8. The number of nitrogens with zero attached hydrogens (tertiary/aromatic N) is 2. The molecule has 0 bridgehead atoms. The predicted molar refractivity (Wildman–Crippen MR) is 93.8 cm³/mol. The van der Waals surface area contributed by atoms with E-state index in [2.05, 4.69) is 11.9 Å². The molecule has 1 fully saturated rings. The second-order valence-electron chi connectivity index (χ2n) is 5.73. The van der Waals surface area contributed by atoms with Gasteiger partial charge in [-0.15, -0.1) is 11.3 Å². The van der Waals surface area contributed by atoms with Crippen molar-refractivity contribution in [2.24, 2.45) is 5.92 Å². The van der Waals surface area contributed by atoms with Crippen molar-refractivity contribution >= 4 is 29.0 Å². The highest BCUT2D eigenvalue weighted by molar-refractivity contribution is 7.07. The predicted octanol–water partition coefficient (Wildman–Crippen LogP) is 4.00. The van der Waals surface area contributed by atoms with Gasteiger partial charge < -0.3 is 9.64 Å². The number of hydrogen-bond acceptors (Lipinski definition) is 4. The molecule has 1 saturated carbocycles. The van der Waals surface area contributed by atoms with E-state index < -0.39 is 0 Å². The van der Waals surface area contributed by atoms with Gasteiger partial charge in [0.1, 0.15) is 5.75 Å². The zero-order valence-electron chi connectivity index (χ0n) is 13.3. The van der Waals surface area contributed by atoms with E-state index in [1.54, 1.807) is 24.8 Å². The second-order valence-corrected chi connectivity index (χ2v) is 6.45. The Hall–Kier alpha value is -2.14. The van der Waals surface area contributed by atoms with Crippen LogP contribution in [0.2, 0.25) is 0 Å². The minimum atomic E-state index is -0.0115. The van der Waals surface area contributed by atoms with Gasteiger partial charge in [-0.3, -0.25) is 4.79 Å². The normalized spacial score (nSPS) is 15.6. The lowest BCUT2D eigenvalue weighted by Crippen LogP contribution is -2.39. The fraction of sp³-hybridized carbons (Fsp3) is 0.333. The summed E-state index contributed by atoms with van der Waals surface area (Å²) in [5.41, 5.74) is 3.48. The molecule has 4 nitrogen and oxygen atoms in total. The number of rotatable bonds is 6. The molecule has 1 aromatic carbocycles. The number of benzene rings is 1. The van der Waals surface area contributed by atoms with E-state index in [1.165, 1.54) is 24.2 Å². The standard InChI is InChI=1S/C18H20N2O2S/c1-13(14-3-4-14)20(16-6-8-17(22-2)9-7-16)18(21)10-5-15-11-23-12-19-15/h5-14H,3-4H2,1-2H3/b10-5-/t13-/m1/s1. The van der Waals surface area contributed by atoms with Crippen LogP contribution in [-0.4, -0.2) is 24.0 Å². The lowest BCUT2D eigenvalue weighted by atomic mass is 10.1. The molecular weight excluding hydrogens is 308 g/mol. The van der Waals surface area contributed by atoms with E-state index >= 15 is 0 Å². The molecule has 1 aliphatic rings. The third-order valence-electron chi connectivity index (χ3n) is 4.15.